The largest absolute Gasteiger partial charge is 0.387 e. The summed E-state index contributed by atoms with van der Waals surface area (Å²) in [5.41, 5.74) is 6.33. The van der Waals surface area contributed by atoms with Crippen molar-refractivity contribution in [1.29, 1.82) is 5.41 Å². The maximum Gasteiger partial charge on any atom is 0.0965 e. The first-order valence-corrected chi connectivity index (χ1v) is 4.26. The average Bonchev–Trinajstić information content (AvgIpc) is 2.31. The Morgan fingerprint density at radius 1 is 1.62 bits per heavy atom. The predicted molar refractivity (Wildman–Crippen MR) is 52.8 cm³/mol. The molecule has 1 heterocycles. The Bertz CT molecular complexity index is 306. The molecule has 0 saturated heterocycles. The van der Waals surface area contributed by atoms with Crippen LogP contribution in [0.5, 0.6) is 0 Å². The van der Waals surface area contributed by atoms with Crippen molar-refractivity contribution in [2.75, 3.05) is 0 Å². The topological polar surface area (TPSA) is 67.7 Å². The highest BCUT2D eigenvalue weighted by Crippen LogP contribution is 2.16. The van der Waals surface area contributed by atoms with E-state index in [1.807, 2.05) is 4.57 Å². The van der Waals surface area contributed by atoms with Gasteiger partial charge in [-0.15, -0.1) is 0 Å². The van der Waals surface area contributed by atoms with Crippen LogP contribution in [-0.2, 0) is 12.0 Å². The number of aromatic nitrogens is 2. The zero-order chi connectivity index (χ0) is 10.1. The number of hydrogen-bond acceptors (Lipinski definition) is 2. The first-order chi connectivity index (χ1) is 5.91. The summed E-state index contributed by atoms with van der Waals surface area (Å²) in [6.45, 7) is 6.29. The Balaban J connectivity index is 2.96. The second kappa shape index (κ2) is 3.20. The maximum absolute atomic E-state index is 7.21. The van der Waals surface area contributed by atoms with Crippen LogP contribution in [0, 0.1) is 5.41 Å². The van der Waals surface area contributed by atoms with Crippen molar-refractivity contribution in [2.24, 2.45) is 5.73 Å². The quantitative estimate of drug-likeness (QED) is 0.529. The van der Waals surface area contributed by atoms with Crippen molar-refractivity contribution in [3.63, 3.8) is 0 Å². The Kier molecular flexibility index (Phi) is 2.40. The lowest BCUT2D eigenvalue weighted by atomic mass is 10.1. The minimum atomic E-state index is 0.00127. The summed E-state index contributed by atoms with van der Waals surface area (Å²) in [5.74, 6) is 0.172. The summed E-state index contributed by atoms with van der Waals surface area (Å²) in [4.78, 5) is 4.05. The van der Waals surface area contributed by atoms with E-state index >= 15 is 0 Å². The molecule has 0 bridgehead atoms. The van der Waals surface area contributed by atoms with E-state index in [1.165, 1.54) is 0 Å². The van der Waals surface area contributed by atoms with Crippen LogP contribution in [0.3, 0.4) is 0 Å². The van der Waals surface area contributed by atoms with Crippen molar-refractivity contribution in [3.8, 4) is 0 Å². The van der Waals surface area contributed by atoms with Crippen LogP contribution >= 0.6 is 0 Å². The average molecular weight is 180 g/mol. The monoisotopic (exact) mass is 180 g/mol. The molecule has 1 aromatic rings. The van der Waals surface area contributed by atoms with Gasteiger partial charge in [0.2, 0.25) is 0 Å². The summed E-state index contributed by atoms with van der Waals surface area (Å²) in [5, 5.41) is 7.21. The summed E-state index contributed by atoms with van der Waals surface area (Å²) in [6.07, 6.45) is 4.00. The molecule has 0 aromatic carbocycles. The molecule has 13 heavy (non-hydrogen) atoms. The SMILES string of the molecule is CC(C)(C)n1cncc1CC(=N)N. The van der Waals surface area contributed by atoms with Crippen molar-refractivity contribution in [2.45, 2.75) is 32.7 Å². The summed E-state index contributed by atoms with van der Waals surface area (Å²) in [7, 11) is 0. The van der Waals surface area contributed by atoms with Gasteiger partial charge in [0.15, 0.2) is 0 Å². The zero-order valence-electron chi connectivity index (χ0n) is 8.33. The lowest BCUT2D eigenvalue weighted by Gasteiger charge is -2.23. The molecule has 72 valence electrons. The van der Waals surface area contributed by atoms with Gasteiger partial charge in [0.25, 0.3) is 0 Å². The second-order valence-electron chi connectivity index (χ2n) is 4.13. The molecular formula is C9H16N4. The highest BCUT2D eigenvalue weighted by molar-refractivity contribution is 5.78. The number of amidine groups is 1. The van der Waals surface area contributed by atoms with Gasteiger partial charge in [-0.25, -0.2) is 4.98 Å². The van der Waals surface area contributed by atoms with Crippen molar-refractivity contribution >= 4 is 5.84 Å². The molecule has 3 N–H and O–H groups in total. The van der Waals surface area contributed by atoms with Gasteiger partial charge >= 0.3 is 0 Å². The number of rotatable bonds is 2. The molecule has 0 atom stereocenters. The lowest BCUT2D eigenvalue weighted by molar-refractivity contribution is 0.387. The molecule has 1 aromatic heterocycles. The standard InChI is InChI=1S/C9H16N4/c1-9(2,3)13-6-12-5-7(13)4-8(10)11/h5-6H,4H2,1-3H3,(H3,10,11). The first kappa shape index (κ1) is 9.77. The summed E-state index contributed by atoms with van der Waals surface area (Å²) < 4.78 is 2.04. The Hall–Kier alpha value is -1.32. The van der Waals surface area contributed by atoms with Gasteiger partial charge in [-0.3, -0.25) is 5.41 Å². The normalized spacial score (nSPS) is 11.6. The molecule has 0 fully saturated rings. The number of imidazole rings is 1. The van der Waals surface area contributed by atoms with E-state index in [-0.39, 0.29) is 11.4 Å². The minimum Gasteiger partial charge on any atom is -0.387 e. The molecule has 0 radical (unpaired) electrons. The van der Waals surface area contributed by atoms with Gasteiger partial charge in [0.05, 0.1) is 12.2 Å². The fourth-order valence-corrected chi connectivity index (χ4v) is 1.25. The van der Waals surface area contributed by atoms with Gasteiger partial charge in [0.1, 0.15) is 0 Å². The summed E-state index contributed by atoms with van der Waals surface area (Å²) >= 11 is 0. The van der Waals surface area contributed by atoms with E-state index in [0.717, 1.165) is 5.69 Å². The van der Waals surface area contributed by atoms with Crippen molar-refractivity contribution in [1.82, 2.24) is 9.55 Å². The van der Waals surface area contributed by atoms with E-state index in [0.29, 0.717) is 6.42 Å². The fraction of sp³-hybridized carbons (Fsp3) is 0.556. The summed E-state index contributed by atoms with van der Waals surface area (Å²) in [6, 6.07) is 0. The molecule has 0 spiro atoms. The number of nitrogens with zero attached hydrogens (tertiary/aromatic N) is 2. The van der Waals surface area contributed by atoms with Crippen LogP contribution in [0.4, 0.5) is 0 Å². The Morgan fingerprint density at radius 2 is 2.23 bits per heavy atom. The molecule has 1 rings (SSSR count). The second-order valence-corrected chi connectivity index (χ2v) is 4.13. The van der Waals surface area contributed by atoms with Gasteiger partial charge < -0.3 is 10.3 Å². The minimum absolute atomic E-state index is 0.00127. The van der Waals surface area contributed by atoms with Crippen LogP contribution in [0.2, 0.25) is 0 Å². The lowest BCUT2D eigenvalue weighted by Crippen LogP contribution is -2.25. The molecule has 0 amide bonds. The predicted octanol–water partition coefficient (Wildman–Crippen LogP) is 1.12. The van der Waals surface area contributed by atoms with Crippen molar-refractivity contribution in [3.05, 3.63) is 18.2 Å². The van der Waals surface area contributed by atoms with Crippen LogP contribution < -0.4 is 5.73 Å². The third kappa shape index (κ3) is 2.31. The molecule has 0 aliphatic rings. The molecule has 0 saturated carbocycles. The van der Waals surface area contributed by atoms with E-state index in [9.17, 15) is 0 Å². The highest BCUT2D eigenvalue weighted by atomic mass is 15.1. The Labute approximate surface area is 78.3 Å². The van der Waals surface area contributed by atoms with E-state index in [2.05, 4.69) is 25.8 Å². The highest BCUT2D eigenvalue weighted by Gasteiger charge is 2.16. The van der Waals surface area contributed by atoms with Gasteiger partial charge in [-0.2, -0.15) is 0 Å². The van der Waals surface area contributed by atoms with Gasteiger partial charge in [0, 0.05) is 23.9 Å². The third-order valence-corrected chi connectivity index (χ3v) is 1.81. The maximum atomic E-state index is 7.21. The molecule has 0 unspecified atom stereocenters. The fourth-order valence-electron chi connectivity index (χ4n) is 1.25. The van der Waals surface area contributed by atoms with Crippen LogP contribution in [-0.4, -0.2) is 15.4 Å². The number of hydrogen-bond donors (Lipinski definition) is 2. The molecule has 0 aliphatic heterocycles. The van der Waals surface area contributed by atoms with Crippen molar-refractivity contribution < 1.29 is 0 Å². The smallest absolute Gasteiger partial charge is 0.0965 e. The molecular weight excluding hydrogens is 164 g/mol. The van der Waals surface area contributed by atoms with Gasteiger partial charge in [-0.05, 0) is 20.8 Å². The van der Waals surface area contributed by atoms with Crippen LogP contribution in [0.15, 0.2) is 12.5 Å². The van der Waals surface area contributed by atoms with Crippen LogP contribution in [0.25, 0.3) is 0 Å². The van der Waals surface area contributed by atoms with E-state index < -0.39 is 0 Å². The van der Waals surface area contributed by atoms with Gasteiger partial charge in [-0.1, -0.05) is 0 Å². The third-order valence-electron chi connectivity index (χ3n) is 1.81. The van der Waals surface area contributed by atoms with Crippen LogP contribution in [0.1, 0.15) is 26.5 Å². The molecule has 4 heteroatoms. The number of nitrogens with two attached hydrogens (primary N) is 1. The first-order valence-electron chi connectivity index (χ1n) is 4.26. The Morgan fingerprint density at radius 3 is 2.69 bits per heavy atom. The number of nitrogens with one attached hydrogen (secondary N) is 1. The van der Waals surface area contributed by atoms with E-state index in [1.54, 1.807) is 12.5 Å². The molecule has 4 nitrogen and oxygen atoms in total. The molecule has 0 aliphatic carbocycles. The van der Waals surface area contributed by atoms with E-state index in [4.69, 9.17) is 11.1 Å². The zero-order valence-corrected chi connectivity index (χ0v) is 8.33.